The van der Waals surface area contributed by atoms with Crippen molar-refractivity contribution in [2.24, 2.45) is 0 Å². The van der Waals surface area contributed by atoms with Crippen molar-refractivity contribution in [3.8, 4) is 0 Å². The molecule has 2 saturated heterocycles. The van der Waals surface area contributed by atoms with E-state index in [0.29, 0.717) is 19.1 Å². The Morgan fingerprint density at radius 3 is 3.00 bits per heavy atom. The van der Waals surface area contributed by atoms with Crippen molar-refractivity contribution in [1.82, 2.24) is 15.5 Å². The van der Waals surface area contributed by atoms with Gasteiger partial charge in [0.15, 0.2) is 0 Å². The normalized spacial score (nSPS) is 32.1. The van der Waals surface area contributed by atoms with E-state index in [2.05, 4.69) is 10.6 Å². The molecule has 2 aliphatic heterocycles. The molecule has 0 aliphatic carbocycles. The van der Waals surface area contributed by atoms with Gasteiger partial charge < -0.3 is 15.7 Å². The zero-order valence-electron chi connectivity index (χ0n) is 8.91. The van der Waals surface area contributed by atoms with E-state index in [1.54, 1.807) is 0 Å². The van der Waals surface area contributed by atoms with Crippen molar-refractivity contribution < 1.29 is 9.90 Å². The van der Waals surface area contributed by atoms with E-state index in [9.17, 15) is 9.90 Å². The highest BCUT2D eigenvalue weighted by Gasteiger charge is 2.23. The van der Waals surface area contributed by atoms with Crippen LogP contribution in [-0.2, 0) is 4.79 Å². The number of β-amino-alcohol motifs (C(OH)–C–C–N with tert-alkyl or cyclic N) is 1. The van der Waals surface area contributed by atoms with E-state index < -0.39 is 0 Å². The van der Waals surface area contributed by atoms with Crippen LogP contribution in [-0.4, -0.2) is 60.8 Å². The van der Waals surface area contributed by atoms with Gasteiger partial charge in [0, 0.05) is 25.7 Å². The maximum Gasteiger partial charge on any atom is 0.234 e. The molecule has 0 saturated carbocycles. The number of rotatable bonds is 3. The fourth-order valence-electron chi connectivity index (χ4n) is 2.21. The summed E-state index contributed by atoms with van der Waals surface area (Å²) in [6.07, 6.45) is 1.57. The molecule has 1 unspecified atom stereocenters. The van der Waals surface area contributed by atoms with Crippen LogP contribution in [0.15, 0.2) is 0 Å². The van der Waals surface area contributed by atoms with Crippen LogP contribution < -0.4 is 10.6 Å². The van der Waals surface area contributed by atoms with Gasteiger partial charge in [-0.1, -0.05) is 0 Å². The third-order valence-electron chi connectivity index (χ3n) is 3.04. The topological polar surface area (TPSA) is 64.6 Å². The molecule has 2 atom stereocenters. The van der Waals surface area contributed by atoms with Gasteiger partial charge in [-0.2, -0.15) is 0 Å². The monoisotopic (exact) mass is 213 g/mol. The minimum Gasteiger partial charge on any atom is -0.392 e. The summed E-state index contributed by atoms with van der Waals surface area (Å²) < 4.78 is 0. The first-order valence-corrected chi connectivity index (χ1v) is 5.64. The minimum absolute atomic E-state index is 0.0813. The van der Waals surface area contributed by atoms with Crippen molar-refractivity contribution in [3.63, 3.8) is 0 Å². The number of carbonyl (C=O) groups excluding carboxylic acids is 1. The summed E-state index contributed by atoms with van der Waals surface area (Å²) in [5.41, 5.74) is 0. The third kappa shape index (κ3) is 3.15. The van der Waals surface area contributed by atoms with Gasteiger partial charge in [-0.05, 0) is 19.4 Å². The van der Waals surface area contributed by atoms with Crippen LogP contribution in [0.5, 0.6) is 0 Å². The molecule has 0 bridgehead atoms. The van der Waals surface area contributed by atoms with Gasteiger partial charge in [-0.25, -0.2) is 0 Å². The van der Waals surface area contributed by atoms with Crippen molar-refractivity contribution >= 4 is 5.91 Å². The standard InChI is InChI=1S/C10H19N3O2/c14-9-2-4-13(6-9)7-10(15)12-8-1-3-11-5-8/h8-9,11,14H,1-7H2,(H,12,15)/t8-,9?/m0/s1. The van der Waals surface area contributed by atoms with E-state index in [1.807, 2.05) is 4.90 Å². The van der Waals surface area contributed by atoms with E-state index in [4.69, 9.17) is 0 Å². The summed E-state index contributed by atoms with van der Waals surface area (Å²) in [6, 6.07) is 0.296. The van der Waals surface area contributed by atoms with E-state index in [-0.39, 0.29) is 12.0 Å². The fourth-order valence-corrected chi connectivity index (χ4v) is 2.21. The van der Waals surface area contributed by atoms with Gasteiger partial charge in [0.05, 0.1) is 12.6 Å². The zero-order chi connectivity index (χ0) is 10.7. The Balaban J connectivity index is 1.67. The first-order valence-electron chi connectivity index (χ1n) is 5.64. The number of nitrogens with zero attached hydrogens (tertiary/aromatic N) is 1. The molecule has 0 aromatic carbocycles. The lowest BCUT2D eigenvalue weighted by Gasteiger charge is -2.16. The van der Waals surface area contributed by atoms with Crippen LogP contribution in [0.4, 0.5) is 0 Å². The summed E-state index contributed by atoms with van der Waals surface area (Å²) in [6.45, 7) is 3.77. The molecular formula is C10H19N3O2. The first-order chi connectivity index (χ1) is 7.24. The number of nitrogens with one attached hydrogen (secondary N) is 2. The predicted molar refractivity (Wildman–Crippen MR) is 56.5 cm³/mol. The van der Waals surface area contributed by atoms with Gasteiger partial charge in [0.25, 0.3) is 0 Å². The molecular weight excluding hydrogens is 194 g/mol. The van der Waals surface area contributed by atoms with Crippen LogP contribution in [0.1, 0.15) is 12.8 Å². The number of carbonyl (C=O) groups is 1. The maximum absolute atomic E-state index is 11.6. The van der Waals surface area contributed by atoms with Gasteiger partial charge in [0.2, 0.25) is 5.91 Å². The quantitative estimate of drug-likeness (QED) is 0.535. The van der Waals surface area contributed by atoms with Gasteiger partial charge in [-0.3, -0.25) is 9.69 Å². The number of aliphatic hydroxyl groups is 1. The average molecular weight is 213 g/mol. The molecule has 0 aromatic heterocycles. The second-order valence-electron chi connectivity index (χ2n) is 4.43. The lowest BCUT2D eigenvalue weighted by molar-refractivity contribution is -0.122. The molecule has 1 amide bonds. The molecule has 86 valence electrons. The van der Waals surface area contributed by atoms with Crippen LogP contribution in [0.2, 0.25) is 0 Å². The Hall–Kier alpha value is -0.650. The highest BCUT2D eigenvalue weighted by atomic mass is 16.3. The van der Waals surface area contributed by atoms with Crippen molar-refractivity contribution in [2.75, 3.05) is 32.7 Å². The van der Waals surface area contributed by atoms with Crippen LogP contribution >= 0.6 is 0 Å². The van der Waals surface area contributed by atoms with Gasteiger partial charge in [0.1, 0.15) is 0 Å². The van der Waals surface area contributed by atoms with Crippen LogP contribution in [0, 0.1) is 0 Å². The van der Waals surface area contributed by atoms with E-state index >= 15 is 0 Å². The smallest absolute Gasteiger partial charge is 0.234 e. The Bertz CT molecular complexity index is 229. The van der Waals surface area contributed by atoms with Crippen molar-refractivity contribution in [2.45, 2.75) is 25.0 Å². The van der Waals surface area contributed by atoms with E-state index in [0.717, 1.165) is 32.5 Å². The molecule has 0 spiro atoms. The largest absolute Gasteiger partial charge is 0.392 e. The zero-order valence-corrected chi connectivity index (χ0v) is 8.91. The number of hydrogen-bond acceptors (Lipinski definition) is 4. The number of aliphatic hydroxyl groups excluding tert-OH is 1. The summed E-state index contributed by atoms with van der Waals surface area (Å²) in [7, 11) is 0. The number of likely N-dealkylation sites (tertiary alicyclic amines) is 1. The van der Waals surface area contributed by atoms with Gasteiger partial charge >= 0.3 is 0 Å². The highest BCUT2D eigenvalue weighted by molar-refractivity contribution is 5.78. The van der Waals surface area contributed by atoms with Gasteiger partial charge in [-0.15, -0.1) is 0 Å². The Labute approximate surface area is 89.8 Å². The van der Waals surface area contributed by atoms with Crippen LogP contribution in [0.3, 0.4) is 0 Å². The molecule has 0 radical (unpaired) electrons. The second-order valence-corrected chi connectivity index (χ2v) is 4.43. The highest BCUT2D eigenvalue weighted by Crippen LogP contribution is 2.07. The van der Waals surface area contributed by atoms with Crippen molar-refractivity contribution in [3.05, 3.63) is 0 Å². The minimum atomic E-state index is -0.244. The SMILES string of the molecule is O=C(CN1CCC(O)C1)N[C@H]1CCNC1. The third-order valence-corrected chi connectivity index (χ3v) is 3.04. The van der Waals surface area contributed by atoms with Crippen molar-refractivity contribution in [1.29, 1.82) is 0 Å². The summed E-state index contributed by atoms with van der Waals surface area (Å²) in [5, 5.41) is 15.5. The lowest BCUT2D eigenvalue weighted by atomic mass is 10.2. The van der Waals surface area contributed by atoms with Crippen LogP contribution in [0.25, 0.3) is 0 Å². The molecule has 2 heterocycles. The number of amides is 1. The molecule has 15 heavy (non-hydrogen) atoms. The summed E-state index contributed by atoms with van der Waals surface area (Å²) in [4.78, 5) is 13.6. The second kappa shape index (κ2) is 4.92. The molecule has 2 rings (SSSR count). The molecule has 2 aliphatic rings. The maximum atomic E-state index is 11.6. The molecule has 5 nitrogen and oxygen atoms in total. The lowest BCUT2D eigenvalue weighted by Crippen LogP contribution is -2.42. The summed E-state index contributed by atoms with van der Waals surface area (Å²) in [5.74, 6) is 0.0813. The number of hydrogen-bond donors (Lipinski definition) is 3. The summed E-state index contributed by atoms with van der Waals surface area (Å²) >= 11 is 0. The predicted octanol–water partition coefficient (Wildman–Crippen LogP) is -1.47. The Morgan fingerprint density at radius 1 is 1.53 bits per heavy atom. The first kappa shape index (κ1) is 10.9. The molecule has 3 N–H and O–H groups in total. The Morgan fingerprint density at radius 2 is 2.40 bits per heavy atom. The average Bonchev–Trinajstić information content (AvgIpc) is 2.77. The molecule has 2 fully saturated rings. The molecule has 0 aromatic rings. The van der Waals surface area contributed by atoms with E-state index in [1.165, 1.54) is 0 Å². The Kier molecular flexibility index (Phi) is 3.56. The molecule has 5 heteroatoms. The fraction of sp³-hybridized carbons (Fsp3) is 0.900.